The maximum atomic E-state index is 13.5. The fourth-order valence-corrected chi connectivity index (χ4v) is 6.14. The molecule has 44 heavy (non-hydrogen) atoms. The van der Waals surface area contributed by atoms with E-state index in [-0.39, 0.29) is 42.8 Å². The number of carbonyl (C=O) groups is 2. The van der Waals surface area contributed by atoms with Gasteiger partial charge in [-0.15, -0.1) is 0 Å². The molecule has 3 atom stereocenters. The summed E-state index contributed by atoms with van der Waals surface area (Å²) in [5, 5.41) is 16.9. The molecular weight excluding hydrogens is 587 g/mol. The van der Waals surface area contributed by atoms with E-state index in [1.54, 1.807) is 38.2 Å². The molecule has 0 saturated heterocycles. The van der Waals surface area contributed by atoms with Gasteiger partial charge in [0.1, 0.15) is 18.5 Å². The van der Waals surface area contributed by atoms with Gasteiger partial charge in [-0.25, -0.2) is 17.6 Å². The summed E-state index contributed by atoms with van der Waals surface area (Å²) in [7, 11) is -4.10. The zero-order chi connectivity index (χ0) is 32.3. The molecule has 0 saturated carbocycles. The molecule has 10 nitrogen and oxygen atoms in total. The number of hydrogen-bond acceptors (Lipinski definition) is 7. The van der Waals surface area contributed by atoms with E-state index >= 15 is 0 Å². The van der Waals surface area contributed by atoms with Gasteiger partial charge in [0.05, 0.1) is 22.7 Å². The third-order valence-electron chi connectivity index (χ3n) is 6.80. The summed E-state index contributed by atoms with van der Waals surface area (Å²) < 4.78 is 47.0. The molecule has 0 fully saturated rings. The first-order valence-electron chi connectivity index (χ1n) is 14.5. The van der Waals surface area contributed by atoms with Crippen LogP contribution in [0.2, 0.25) is 0 Å². The fourth-order valence-electron chi connectivity index (χ4n) is 4.52. The normalized spacial score (nSPS) is 13.8. The first-order chi connectivity index (χ1) is 20.9. The van der Waals surface area contributed by atoms with Crippen molar-refractivity contribution in [3.63, 3.8) is 0 Å². The number of carbonyl (C=O) groups excluding carboxylic acids is 2. The minimum Gasteiger partial charge on any atom is -0.443 e. The standard InChI is InChI=1S/C32H41FN4O6S/c1-22(2)19-37(44(41,42)27-15-13-25(33)14-16-27)20-29(38)28(18-24-10-6-5-7-11-24)35-31(39)30(23(3)4)36-32(40)43-21-26-12-8-9-17-34-26/h5-17,22-23,28-30,38H,18-21H2,1-4H3,(H,35,39)(H,36,40)/t28-,29+,30-/m0/s1. The van der Waals surface area contributed by atoms with E-state index in [0.717, 1.165) is 22.0 Å². The number of pyridine rings is 1. The van der Waals surface area contributed by atoms with Gasteiger partial charge in [-0.3, -0.25) is 9.78 Å². The van der Waals surface area contributed by atoms with E-state index in [4.69, 9.17) is 4.74 Å². The first-order valence-corrected chi connectivity index (χ1v) is 15.9. The molecule has 12 heteroatoms. The second-order valence-corrected chi connectivity index (χ2v) is 13.2. The molecular formula is C32H41FN4O6S. The number of sulfonamides is 1. The number of benzene rings is 2. The molecule has 1 aromatic heterocycles. The Morgan fingerprint density at radius 1 is 0.932 bits per heavy atom. The smallest absolute Gasteiger partial charge is 0.408 e. The van der Waals surface area contributed by atoms with Crippen molar-refractivity contribution in [3.8, 4) is 0 Å². The summed E-state index contributed by atoms with van der Waals surface area (Å²) >= 11 is 0. The van der Waals surface area contributed by atoms with Crippen molar-refractivity contribution in [1.82, 2.24) is 19.9 Å². The molecule has 2 amide bonds. The Hall–Kier alpha value is -3.87. The summed E-state index contributed by atoms with van der Waals surface area (Å²) in [6.45, 7) is 6.87. The highest BCUT2D eigenvalue weighted by molar-refractivity contribution is 7.89. The van der Waals surface area contributed by atoms with Gasteiger partial charge in [0.25, 0.3) is 0 Å². The summed E-state index contributed by atoms with van der Waals surface area (Å²) in [4.78, 5) is 30.1. The zero-order valence-corrected chi connectivity index (χ0v) is 26.2. The third kappa shape index (κ3) is 10.4. The molecule has 3 rings (SSSR count). The molecule has 3 aromatic rings. The Morgan fingerprint density at radius 2 is 1.59 bits per heavy atom. The van der Waals surface area contributed by atoms with E-state index < -0.39 is 46.0 Å². The van der Waals surface area contributed by atoms with Gasteiger partial charge in [-0.05, 0) is 60.2 Å². The molecule has 0 spiro atoms. The van der Waals surface area contributed by atoms with Crippen molar-refractivity contribution in [2.45, 2.75) is 63.8 Å². The van der Waals surface area contributed by atoms with E-state index in [1.165, 1.54) is 12.1 Å². The van der Waals surface area contributed by atoms with E-state index in [9.17, 15) is 27.5 Å². The average Bonchev–Trinajstić information content (AvgIpc) is 2.99. The second kappa shape index (κ2) is 16.3. The molecule has 0 aliphatic heterocycles. The predicted octanol–water partition coefficient (Wildman–Crippen LogP) is 3.91. The molecule has 0 bridgehead atoms. The van der Waals surface area contributed by atoms with Gasteiger partial charge in [0.2, 0.25) is 15.9 Å². The number of amides is 2. The number of halogens is 1. The number of nitrogens with one attached hydrogen (secondary N) is 2. The third-order valence-corrected chi connectivity index (χ3v) is 8.65. The summed E-state index contributed by atoms with van der Waals surface area (Å²) in [5.41, 5.74) is 1.35. The van der Waals surface area contributed by atoms with Crippen LogP contribution in [0.25, 0.3) is 0 Å². The number of aromatic nitrogens is 1. The lowest BCUT2D eigenvalue weighted by atomic mass is 9.98. The number of rotatable bonds is 15. The van der Waals surface area contributed by atoms with Crippen molar-refractivity contribution < 1.29 is 32.2 Å². The van der Waals surface area contributed by atoms with Crippen LogP contribution in [0.1, 0.15) is 39.0 Å². The van der Waals surface area contributed by atoms with Crippen LogP contribution >= 0.6 is 0 Å². The second-order valence-electron chi connectivity index (χ2n) is 11.3. The lowest BCUT2D eigenvalue weighted by Gasteiger charge is -2.32. The van der Waals surface area contributed by atoms with Gasteiger partial charge in [0.15, 0.2) is 0 Å². The van der Waals surface area contributed by atoms with Crippen LogP contribution in [0.5, 0.6) is 0 Å². The van der Waals surface area contributed by atoms with Crippen molar-refractivity contribution in [3.05, 3.63) is 96.1 Å². The minimum absolute atomic E-state index is 0.0807. The van der Waals surface area contributed by atoms with Crippen molar-refractivity contribution >= 4 is 22.0 Å². The molecule has 2 aromatic carbocycles. The van der Waals surface area contributed by atoms with Gasteiger partial charge in [-0.2, -0.15) is 4.31 Å². The lowest BCUT2D eigenvalue weighted by molar-refractivity contribution is -0.125. The quantitative estimate of drug-likeness (QED) is 0.232. The number of hydrogen-bond donors (Lipinski definition) is 3. The van der Waals surface area contributed by atoms with Gasteiger partial charge in [0, 0.05) is 19.3 Å². The Morgan fingerprint density at radius 3 is 2.18 bits per heavy atom. The van der Waals surface area contributed by atoms with Gasteiger partial charge >= 0.3 is 6.09 Å². The molecule has 1 heterocycles. The van der Waals surface area contributed by atoms with Crippen molar-refractivity contribution in [2.24, 2.45) is 11.8 Å². The van der Waals surface area contributed by atoms with Crippen LogP contribution < -0.4 is 10.6 Å². The maximum absolute atomic E-state index is 13.5. The van der Waals surface area contributed by atoms with Crippen LogP contribution in [0, 0.1) is 17.7 Å². The fraction of sp³-hybridized carbons (Fsp3) is 0.406. The number of nitrogens with zero attached hydrogens (tertiary/aromatic N) is 2. The SMILES string of the molecule is CC(C)CN(C[C@@H](O)[C@H](Cc1ccccc1)NC(=O)[C@@H](NC(=O)OCc1ccccn1)C(C)C)S(=O)(=O)c1ccc(F)cc1. The van der Waals surface area contributed by atoms with E-state index in [0.29, 0.717) is 5.69 Å². The number of alkyl carbamates (subject to hydrolysis) is 1. The van der Waals surface area contributed by atoms with Crippen molar-refractivity contribution in [2.75, 3.05) is 13.1 Å². The largest absolute Gasteiger partial charge is 0.443 e. The van der Waals surface area contributed by atoms with Crippen LogP contribution in [-0.4, -0.2) is 66.1 Å². The highest BCUT2D eigenvalue weighted by atomic mass is 32.2. The van der Waals surface area contributed by atoms with Crippen LogP contribution in [0.4, 0.5) is 9.18 Å². The van der Waals surface area contributed by atoms with Crippen LogP contribution in [0.15, 0.2) is 83.9 Å². The minimum atomic E-state index is -4.10. The average molecular weight is 629 g/mol. The molecule has 0 radical (unpaired) electrons. The number of aliphatic hydroxyl groups is 1. The first kappa shape index (κ1) is 34.6. The molecule has 0 aliphatic rings. The van der Waals surface area contributed by atoms with Crippen LogP contribution in [0.3, 0.4) is 0 Å². The number of aliphatic hydroxyl groups excluding tert-OH is 1. The van der Waals surface area contributed by atoms with E-state index in [2.05, 4.69) is 15.6 Å². The monoisotopic (exact) mass is 628 g/mol. The Bertz CT molecular complexity index is 1440. The predicted molar refractivity (Wildman–Crippen MR) is 164 cm³/mol. The summed E-state index contributed by atoms with van der Waals surface area (Å²) in [6.07, 6.45) is -0.378. The highest BCUT2D eigenvalue weighted by Crippen LogP contribution is 2.20. The van der Waals surface area contributed by atoms with Gasteiger partial charge < -0.3 is 20.5 Å². The summed E-state index contributed by atoms with van der Waals surface area (Å²) in [5.74, 6) is -1.57. The highest BCUT2D eigenvalue weighted by Gasteiger charge is 2.33. The number of ether oxygens (including phenoxy) is 1. The summed E-state index contributed by atoms with van der Waals surface area (Å²) in [6, 6.07) is 16.9. The lowest BCUT2D eigenvalue weighted by Crippen LogP contribution is -2.57. The maximum Gasteiger partial charge on any atom is 0.408 e. The van der Waals surface area contributed by atoms with Gasteiger partial charge in [-0.1, -0.05) is 64.1 Å². The Kier molecular flexibility index (Phi) is 12.8. The Labute approximate surface area is 258 Å². The molecule has 3 N–H and O–H groups in total. The van der Waals surface area contributed by atoms with Crippen molar-refractivity contribution in [1.29, 1.82) is 0 Å². The van der Waals surface area contributed by atoms with E-state index in [1.807, 2.05) is 44.2 Å². The molecule has 0 unspecified atom stereocenters. The molecule has 238 valence electrons. The molecule has 0 aliphatic carbocycles. The topological polar surface area (TPSA) is 138 Å². The zero-order valence-electron chi connectivity index (χ0n) is 25.4. The van der Waals surface area contributed by atoms with Crippen LogP contribution in [-0.2, 0) is 32.6 Å². The Balaban J connectivity index is 1.80.